The standard InChI is InChI=1S/C20H18FN3O4S2/c21-16-7-6-15(12-18(16)30(26,27)24-8-10-28-11-9-24)23-19(25)17-13-22-20(29-17)14-4-2-1-3-5-14/h1-7,12-13H,8-11H2,(H,23,25). The van der Waals surface area contributed by atoms with Gasteiger partial charge in [-0.15, -0.1) is 11.3 Å². The molecule has 0 spiro atoms. The van der Waals surface area contributed by atoms with E-state index in [4.69, 9.17) is 4.74 Å². The summed E-state index contributed by atoms with van der Waals surface area (Å²) in [7, 11) is -4.03. The zero-order valence-electron chi connectivity index (χ0n) is 15.7. The Morgan fingerprint density at radius 1 is 1.13 bits per heavy atom. The summed E-state index contributed by atoms with van der Waals surface area (Å²) < 4.78 is 46.2. The highest BCUT2D eigenvalue weighted by molar-refractivity contribution is 7.89. The van der Waals surface area contributed by atoms with E-state index in [2.05, 4.69) is 10.3 Å². The van der Waals surface area contributed by atoms with Crippen molar-refractivity contribution in [2.45, 2.75) is 4.90 Å². The number of amides is 1. The van der Waals surface area contributed by atoms with Gasteiger partial charge in [0.1, 0.15) is 20.6 Å². The van der Waals surface area contributed by atoms with Crippen molar-refractivity contribution < 1.29 is 22.3 Å². The second-order valence-corrected chi connectivity index (χ2v) is 9.45. The lowest BCUT2D eigenvalue weighted by Gasteiger charge is -2.26. The zero-order chi connectivity index (χ0) is 21.1. The predicted molar refractivity (Wildman–Crippen MR) is 111 cm³/mol. The number of morpholine rings is 1. The average molecular weight is 448 g/mol. The number of ether oxygens (including phenoxy) is 1. The van der Waals surface area contributed by atoms with Crippen LogP contribution in [-0.4, -0.2) is 49.9 Å². The van der Waals surface area contributed by atoms with Crippen LogP contribution in [0.2, 0.25) is 0 Å². The molecule has 1 saturated heterocycles. The van der Waals surface area contributed by atoms with E-state index >= 15 is 0 Å². The third-order valence-corrected chi connectivity index (χ3v) is 7.49. The number of benzene rings is 2. The van der Waals surface area contributed by atoms with Gasteiger partial charge in [0, 0.05) is 24.3 Å². The fourth-order valence-electron chi connectivity index (χ4n) is 2.99. The highest BCUT2D eigenvalue weighted by Crippen LogP contribution is 2.27. The van der Waals surface area contributed by atoms with E-state index in [1.165, 1.54) is 27.9 Å². The number of nitrogens with one attached hydrogen (secondary N) is 1. The van der Waals surface area contributed by atoms with E-state index in [1.54, 1.807) is 0 Å². The number of halogens is 1. The number of carbonyl (C=O) groups is 1. The van der Waals surface area contributed by atoms with Crippen molar-refractivity contribution in [3.63, 3.8) is 0 Å². The van der Waals surface area contributed by atoms with E-state index in [9.17, 15) is 17.6 Å². The number of anilines is 1. The molecule has 3 aromatic rings. The van der Waals surface area contributed by atoms with E-state index in [-0.39, 0.29) is 32.0 Å². The highest BCUT2D eigenvalue weighted by Gasteiger charge is 2.29. The van der Waals surface area contributed by atoms with Gasteiger partial charge in [-0.3, -0.25) is 4.79 Å². The van der Waals surface area contributed by atoms with Crippen molar-refractivity contribution >= 4 is 33.0 Å². The first-order valence-electron chi connectivity index (χ1n) is 9.15. The molecule has 1 fully saturated rings. The van der Waals surface area contributed by atoms with Crippen molar-refractivity contribution in [2.75, 3.05) is 31.6 Å². The van der Waals surface area contributed by atoms with Crippen LogP contribution in [0.1, 0.15) is 9.67 Å². The SMILES string of the molecule is O=C(Nc1ccc(F)c(S(=O)(=O)N2CCOCC2)c1)c1cnc(-c2ccccc2)s1. The number of hydrogen-bond donors (Lipinski definition) is 1. The number of sulfonamides is 1. The van der Waals surface area contributed by atoms with Gasteiger partial charge in [0.25, 0.3) is 5.91 Å². The predicted octanol–water partition coefficient (Wildman–Crippen LogP) is 3.22. The Hall–Kier alpha value is -2.66. The molecule has 1 N–H and O–H groups in total. The van der Waals surface area contributed by atoms with Crippen LogP contribution >= 0.6 is 11.3 Å². The summed E-state index contributed by atoms with van der Waals surface area (Å²) in [6, 6.07) is 12.9. The van der Waals surface area contributed by atoms with Crippen molar-refractivity contribution in [3.8, 4) is 10.6 Å². The lowest BCUT2D eigenvalue weighted by Crippen LogP contribution is -2.40. The Balaban J connectivity index is 1.55. The van der Waals surface area contributed by atoms with Gasteiger partial charge >= 0.3 is 0 Å². The number of hydrogen-bond acceptors (Lipinski definition) is 6. The zero-order valence-corrected chi connectivity index (χ0v) is 17.4. The number of aromatic nitrogens is 1. The first kappa shape index (κ1) is 20.6. The molecule has 4 rings (SSSR count). The molecule has 30 heavy (non-hydrogen) atoms. The van der Waals surface area contributed by atoms with E-state index < -0.39 is 26.6 Å². The minimum atomic E-state index is -4.03. The molecule has 0 saturated carbocycles. The molecule has 1 aromatic heterocycles. The first-order chi connectivity index (χ1) is 14.4. The minimum absolute atomic E-state index is 0.154. The number of rotatable bonds is 5. The Bertz CT molecular complexity index is 1160. The molecule has 7 nitrogen and oxygen atoms in total. The molecule has 10 heteroatoms. The number of carbonyl (C=O) groups excluding carboxylic acids is 1. The summed E-state index contributed by atoms with van der Waals surface area (Å²) in [6.45, 7) is 0.821. The Kier molecular flexibility index (Phi) is 5.91. The largest absolute Gasteiger partial charge is 0.379 e. The molecule has 2 aromatic carbocycles. The van der Waals surface area contributed by atoms with Gasteiger partial charge in [-0.25, -0.2) is 17.8 Å². The van der Waals surface area contributed by atoms with Gasteiger partial charge < -0.3 is 10.1 Å². The van der Waals surface area contributed by atoms with Crippen molar-refractivity contribution in [3.05, 3.63) is 65.4 Å². The summed E-state index contributed by atoms with van der Waals surface area (Å²) in [4.78, 5) is 16.7. The molecule has 2 heterocycles. The lowest BCUT2D eigenvalue weighted by molar-refractivity contribution is 0.0729. The molecule has 156 valence electrons. The first-order valence-corrected chi connectivity index (χ1v) is 11.4. The molecule has 1 aliphatic heterocycles. The Morgan fingerprint density at radius 2 is 1.87 bits per heavy atom. The monoisotopic (exact) mass is 447 g/mol. The molecule has 0 atom stereocenters. The third-order valence-electron chi connectivity index (χ3n) is 4.53. The van der Waals surface area contributed by atoms with Crippen LogP contribution in [0.25, 0.3) is 10.6 Å². The van der Waals surface area contributed by atoms with E-state index in [0.717, 1.165) is 17.7 Å². The maximum Gasteiger partial charge on any atom is 0.267 e. The molecule has 0 radical (unpaired) electrons. The number of thiazole rings is 1. The van der Waals surface area contributed by atoms with Gasteiger partial charge in [0.05, 0.1) is 19.4 Å². The van der Waals surface area contributed by atoms with Gasteiger partial charge in [0.15, 0.2) is 0 Å². The highest BCUT2D eigenvalue weighted by atomic mass is 32.2. The van der Waals surface area contributed by atoms with Crippen LogP contribution in [-0.2, 0) is 14.8 Å². The summed E-state index contributed by atoms with van der Waals surface area (Å²) in [5.41, 5.74) is 1.07. The topological polar surface area (TPSA) is 88.6 Å². The fraction of sp³-hybridized carbons (Fsp3) is 0.200. The smallest absolute Gasteiger partial charge is 0.267 e. The molecule has 1 aliphatic rings. The molecule has 1 amide bonds. The quantitative estimate of drug-likeness (QED) is 0.649. The Labute approximate surface area is 177 Å². The molecule has 0 unspecified atom stereocenters. The average Bonchev–Trinajstić information content (AvgIpc) is 3.27. The van der Waals surface area contributed by atoms with Crippen molar-refractivity contribution in [2.24, 2.45) is 0 Å². The lowest BCUT2D eigenvalue weighted by atomic mass is 10.2. The third kappa shape index (κ3) is 4.26. The normalized spacial score (nSPS) is 15.1. The van der Waals surface area contributed by atoms with E-state index in [0.29, 0.717) is 9.88 Å². The van der Waals surface area contributed by atoms with Gasteiger partial charge in [0.2, 0.25) is 10.0 Å². The summed E-state index contributed by atoms with van der Waals surface area (Å²) in [5, 5.41) is 3.31. The second kappa shape index (κ2) is 8.60. The molecular formula is C20H18FN3O4S2. The van der Waals surface area contributed by atoms with Crippen LogP contribution in [0.4, 0.5) is 10.1 Å². The van der Waals surface area contributed by atoms with Crippen LogP contribution < -0.4 is 5.32 Å². The van der Waals surface area contributed by atoms with Gasteiger partial charge in [-0.1, -0.05) is 30.3 Å². The van der Waals surface area contributed by atoms with Crippen LogP contribution in [0.3, 0.4) is 0 Å². The maximum absolute atomic E-state index is 14.3. The molecule has 0 bridgehead atoms. The molecule has 0 aliphatic carbocycles. The van der Waals surface area contributed by atoms with Gasteiger partial charge in [-0.2, -0.15) is 4.31 Å². The fourth-order valence-corrected chi connectivity index (χ4v) is 5.31. The summed E-state index contributed by atoms with van der Waals surface area (Å²) >= 11 is 1.21. The van der Waals surface area contributed by atoms with Gasteiger partial charge in [-0.05, 0) is 18.2 Å². The minimum Gasteiger partial charge on any atom is -0.379 e. The van der Waals surface area contributed by atoms with Crippen molar-refractivity contribution in [1.82, 2.24) is 9.29 Å². The Morgan fingerprint density at radius 3 is 2.60 bits per heavy atom. The molecular weight excluding hydrogens is 429 g/mol. The van der Waals surface area contributed by atoms with Crippen molar-refractivity contribution in [1.29, 1.82) is 0 Å². The van der Waals surface area contributed by atoms with Crippen LogP contribution in [0, 0.1) is 5.82 Å². The van der Waals surface area contributed by atoms with E-state index in [1.807, 2.05) is 30.3 Å². The van der Waals surface area contributed by atoms with Crippen LogP contribution in [0.15, 0.2) is 59.6 Å². The summed E-state index contributed by atoms with van der Waals surface area (Å²) in [6.07, 6.45) is 1.46. The maximum atomic E-state index is 14.3. The number of nitrogens with zero attached hydrogens (tertiary/aromatic N) is 2. The second-order valence-electron chi connectivity index (χ2n) is 6.51. The summed E-state index contributed by atoms with van der Waals surface area (Å²) in [5.74, 6) is -1.32. The van der Waals surface area contributed by atoms with Crippen LogP contribution in [0.5, 0.6) is 0 Å².